The van der Waals surface area contributed by atoms with Gasteiger partial charge < -0.3 is 57.9 Å². The zero-order valence-corrected chi connectivity index (χ0v) is 33.7. The number of benzene rings is 3. The Morgan fingerprint density at radius 3 is 1.72 bits per heavy atom. The molecular formula is C43H54N8O10. The molecule has 0 aliphatic carbocycles. The Morgan fingerprint density at radius 1 is 0.623 bits per heavy atom. The van der Waals surface area contributed by atoms with Crippen LogP contribution in [0.1, 0.15) is 48.8 Å². The maximum atomic E-state index is 14.1. The number of aliphatic hydroxyl groups excluding tert-OH is 1. The molecule has 0 bridgehead atoms. The number of nitrogens with two attached hydrogens (primary N) is 2. The lowest BCUT2D eigenvalue weighted by molar-refractivity contribution is -0.144. The molecule has 2 fully saturated rings. The zero-order chi connectivity index (χ0) is 44.1. The topological polar surface area (TPSA) is 287 Å². The third-order valence-corrected chi connectivity index (χ3v) is 10.8. The van der Waals surface area contributed by atoms with E-state index in [1.807, 2.05) is 0 Å². The summed E-state index contributed by atoms with van der Waals surface area (Å²) < 4.78 is 0. The van der Waals surface area contributed by atoms with Crippen molar-refractivity contribution < 1.29 is 48.9 Å². The quantitative estimate of drug-likeness (QED) is 0.0739. The van der Waals surface area contributed by atoms with Crippen molar-refractivity contribution in [3.05, 3.63) is 95.6 Å². The normalized spacial score (nSPS) is 18.2. The van der Waals surface area contributed by atoms with Gasteiger partial charge in [0.15, 0.2) is 0 Å². The molecule has 6 atom stereocenters. The minimum Gasteiger partial charge on any atom is -0.508 e. The van der Waals surface area contributed by atoms with Gasteiger partial charge in [0, 0.05) is 25.9 Å². The number of hydrogen-bond donors (Lipinski definition) is 9. The molecule has 0 spiro atoms. The molecule has 61 heavy (non-hydrogen) atoms. The molecular weight excluding hydrogens is 789 g/mol. The fourth-order valence-electron chi connectivity index (χ4n) is 7.56. The molecule has 2 aliphatic heterocycles. The van der Waals surface area contributed by atoms with Crippen molar-refractivity contribution in [1.29, 1.82) is 0 Å². The predicted molar refractivity (Wildman–Crippen MR) is 221 cm³/mol. The number of phenolic OH excluding ortho intramolecular Hbond substituents is 2. The monoisotopic (exact) mass is 842 g/mol. The lowest BCUT2D eigenvalue weighted by Crippen LogP contribution is -2.59. The highest BCUT2D eigenvalue weighted by Gasteiger charge is 2.39. The van der Waals surface area contributed by atoms with Crippen LogP contribution in [0.3, 0.4) is 0 Å². The molecule has 5 rings (SSSR count). The summed E-state index contributed by atoms with van der Waals surface area (Å²) >= 11 is 0. The Hall–Kier alpha value is -6.53. The van der Waals surface area contributed by atoms with Crippen LogP contribution in [0.4, 0.5) is 0 Å². The van der Waals surface area contributed by atoms with Gasteiger partial charge in [-0.15, -0.1) is 0 Å². The number of carbonyl (C=O) groups is 7. The second-order valence-electron chi connectivity index (χ2n) is 15.3. The van der Waals surface area contributed by atoms with Crippen LogP contribution in [-0.2, 0) is 52.8 Å². The van der Waals surface area contributed by atoms with Gasteiger partial charge in [0.2, 0.25) is 41.4 Å². The molecule has 7 amide bonds. The first kappa shape index (κ1) is 45.6. The van der Waals surface area contributed by atoms with Crippen LogP contribution in [-0.4, -0.2) is 129 Å². The first-order valence-corrected chi connectivity index (χ1v) is 20.3. The van der Waals surface area contributed by atoms with E-state index in [0.717, 1.165) is 5.56 Å². The number of aliphatic hydroxyl groups is 1. The highest BCUT2D eigenvalue weighted by atomic mass is 16.3. The van der Waals surface area contributed by atoms with Gasteiger partial charge in [-0.1, -0.05) is 54.6 Å². The van der Waals surface area contributed by atoms with Crippen molar-refractivity contribution in [3.8, 4) is 11.5 Å². The number of aromatic hydroxyl groups is 2. The van der Waals surface area contributed by atoms with Gasteiger partial charge in [0.05, 0.1) is 19.2 Å². The fourth-order valence-corrected chi connectivity index (χ4v) is 7.56. The van der Waals surface area contributed by atoms with Gasteiger partial charge in [0.25, 0.3) is 0 Å². The lowest BCUT2D eigenvalue weighted by Gasteiger charge is -2.37. The van der Waals surface area contributed by atoms with Crippen LogP contribution in [0.2, 0.25) is 0 Å². The summed E-state index contributed by atoms with van der Waals surface area (Å²) in [4.78, 5) is 96.5. The van der Waals surface area contributed by atoms with Gasteiger partial charge >= 0.3 is 0 Å². The van der Waals surface area contributed by atoms with Crippen molar-refractivity contribution in [2.45, 2.75) is 87.6 Å². The van der Waals surface area contributed by atoms with Crippen molar-refractivity contribution in [1.82, 2.24) is 31.1 Å². The SMILES string of the molecule is NC(=O)[C@H](CO)NC(=O)[C@@H]1CCCN1C(=O)[C@H](Cc1ccc(O)cc1)NC(=O)CNC(=O)[C@H](Cc1ccccc1)NC(=O)[C@@H]1CCCCN1C(=O)[C@@H](N)Cc1ccc(O)cc1. The molecule has 2 saturated heterocycles. The van der Waals surface area contributed by atoms with Crippen LogP contribution in [0, 0.1) is 0 Å². The minimum atomic E-state index is -1.36. The van der Waals surface area contributed by atoms with E-state index in [4.69, 9.17) is 11.5 Å². The highest BCUT2D eigenvalue weighted by Crippen LogP contribution is 2.22. The largest absolute Gasteiger partial charge is 0.508 e. The third-order valence-electron chi connectivity index (χ3n) is 10.8. The lowest BCUT2D eigenvalue weighted by atomic mass is 9.97. The number of hydrogen-bond acceptors (Lipinski definition) is 11. The Morgan fingerprint density at radius 2 is 1.13 bits per heavy atom. The number of carbonyl (C=O) groups excluding carboxylic acids is 7. The van der Waals surface area contributed by atoms with Gasteiger partial charge in [-0.25, -0.2) is 0 Å². The fraction of sp³-hybridized carbons (Fsp3) is 0.419. The summed E-state index contributed by atoms with van der Waals surface area (Å²) in [6.45, 7) is -0.885. The first-order valence-electron chi connectivity index (χ1n) is 20.3. The van der Waals surface area contributed by atoms with Crippen LogP contribution in [0.5, 0.6) is 11.5 Å². The van der Waals surface area contributed by atoms with Crippen LogP contribution in [0.25, 0.3) is 0 Å². The number of primary amides is 1. The van der Waals surface area contributed by atoms with Crippen molar-refractivity contribution >= 4 is 41.4 Å². The molecule has 326 valence electrons. The average molecular weight is 843 g/mol. The van der Waals surface area contributed by atoms with E-state index in [1.165, 1.54) is 34.1 Å². The molecule has 0 saturated carbocycles. The second-order valence-corrected chi connectivity index (χ2v) is 15.3. The summed E-state index contributed by atoms with van der Waals surface area (Å²) in [7, 11) is 0. The Bertz CT molecular complexity index is 2020. The number of phenols is 2. The standard InChI is InChI=1S/C43H54N8O10/c44-31(21-27-11-15-29(53)16-12-27)42(60)50-19-5-4-9-35(50)40(58)48-32(22-26-7-2-1-3-8-26)39(57)46-24-37(55)47-33(23-28-13-17-30(54)18-14-28)43(61)51-20-6-10-36(51)41(59)49-34(25-52)38(45)56/h1-3,7-8,11-18,31-36,52-54H,4-6,9-10,19-25,44H2,(H2,45,56)(H,46,57)(H,47,55)(H,48,58)(H,49,59)/t31-,32-,33-,34-,35-,36-/m0/s1. The molecule has 2 heterocycles. The molecule has 0 radical (unpaired) electrons. The molecule has 18 nitrogen and oxygen atoms in total. The maximum absolute atomic E-state index is 14.1. The van der Waals surface area contributed by atoms with E-state index in [1.54, 1.807) is 54.6 Å². The van der Waals surface area contributed by atoms with E-state index in [9.17, 15) is 48.9 Å². The van der Waals surface area contributed by atoms with Gasteiger partial charge in [0.1, 0.15) is 41.7 Å². The number of nitrogens with zero attached hydrogens (tertiary/aromatic N) is 2. The number of likely N-dealkylation sites (tertiary alicyclic amines) is 2. The van der Waals surface area contributed by atoms with E-state index >= 15 is 0 Å². The predicted octanol–water partition coefficient (Wildman–Crippen LogP) is -1.13. The number of piperidine rings is 1. The van der Waals surface area contributed by atoms with Crippen molar-refractivity contribution in [3.63, 3.8) is 0 Å². The molecule has 0 unspecified atom stereocenters. The molecule has 18 heteroatoms. The summed E-state index contributed by atoms with van der Waals surface area (Å²) in [6.07, 6.45) is 2.53. The zero-order valence-electron chi connectivity index (χ0n) is 33.7. The number of rotatable bonds is 18. The molecule has 2 aliphatic rings. The van der Waals surface area contributed by atoms with E-state index in [0.29, 0.717) is 43.4 Å². The average Bonchev–Trinajstić information content (AvgIpc) is 3.76. The van der Waals surface area contributed by atoms with Gasteiger partial charge in [-0.05, 0) is 79.5 Å². The maximum Gasteiger partial charge on any atom is 0.246 e. The summed E-state index contributed by atoms with van der Waals surface area (Å²) in [6, 6.07) is 14.5. The van der Waals surface area contributed by atoms with E-state index in [2.05, 4.69) is 21.3 Å². The highest BCUT2D eigenvalue weighted by molar-refractivity contribution is 5.97. The summed E-state index contributed by atoms with van der Waals surface area (Å²) in [5.41, 5.74) is 13.6. The van der Waals surface area contributed by atoms with Gasteiger partial charge in [-0.2, -0.15) is 0 Å². The van der Waals surface area contributed by atoms with Crippen molar-refractivity contribution in [2.24, 2.45) is 11.5 Å². The van der Waals surface area contributed by atoms with Crippen LogP contribution >= 0.6 is 0 Å². The summed E-state index contributed by atoms with van der Waals surface area (Å²) in [5, 5.41) is 39.3. The van der Waals surface area contributed by atoms with E-state index < -0.39 is 90.8 Å². The molecule has 3 aromatic rings. The minimum absolute atomic E-state index is 0.0170. The summed E-state index contributed by atoms with van der Waals surface area (Å²) in [5.74, 6) is -4.65. The van der Waals surface area contributed by atoms with Crippen LogP contribution in [0.15, 0.2) is 78.9 Å². The van der Waals surface area contributed by atoms with Crippen LogP contribution < -0.4 is 32.7 Å². The van der Waals surface area contributed by atoms with Gasteiger partial charge in [-0.3, -0.25) is 33.6 Å². The van der Waals surface area contributed by atoms with E-state index in [-0.39, 0.29) is 43.7 Å². The Balaban J connectivity index is 1.27. The smallest absolute Gasteiger partial charge is 0.246 e. The molecule has 0 aromatic heterocycles. The first-order chi connectivity index (χ1) is 29.2. The molecule has 11 N–H and O–H groups in total. The number of amides is 7. The Kier molecular flexibility index (Phi) is 16.2. The van der Waals surface area contributed by atoms with Crippen molar-refractivity contribution in [2.75, 3.05) is 26.2 Å². The molecule has 3 aromatic carbocycles. The Labute approximate surface area is 353 Å². The number of nitrogens with one attached hydrogen (secondary N) is 4. The third kappa shape index (κ3) is 12.7. The second kappa shape index (κ2) is 21.6.